The van der Waals surface area contributed by atoms with Crippen LogP contribution in [-0.2, 0) is 0 Å². The second-order valence-corrected chi connectivity index (χ2v) is 3.65. The highest BCUT2D eigenvalue weighted by Gasteiger charge is 2.16. The number of hydrogen-bond acceptors (Lipinski definition) is 5. The Labute approximate surface area is 105 Å². The van der Waals surface area contributed by atoms with Gasteiger partial charge >= 0.3 is 0 Å². The zero-order valence-electron chi connectivity index (χ0n) is 10.1. The highest BCUT2D eigenvalue weighted by molar-refractivity contribution is 5.92. The number of carbonyl (C=O) groups excluding carboxylic acids is 1. The monoisotopic (exact) mass is 243 g/mol. The van der Waals surface area contributed by atoms with Crippen molar-refractivity contribution in [2.45, 2.75) is 19.8 Å². The van der Waals surface area contributed by atoms with Crippen molar-refractivity contribution < 1.29 is 4.79 Å². The van der Waals surface area contributed by atoms with Crippen molar-refractivity contribution >= 4 is 5.91 Å². The van der Waals surface area contributed by atoms with Crippen LogP contribution in [0.25, 0.3) is 0 Å². The van der Waals surface area contributed by atoms with Gasteiger partial charge in [-0.15, -0.1) is 0 Å². The van der Waals surface area contributed by atoms with Crippen molar-refractivity contribution in [1.82, 2.24) is 14.9 Å². The number of amides is 1. The van der Waals surface area contributed by atoms with E-state index in [9.17, 15) is 4.79 Å². The molecule has 0 atom stereocenters. The van der Waals surface area contributed by atoms with Crippen molar-refractivity contribution in [3.8, 4) is 12.1 Å². The summed E-state index contributed by atoms with van der Waals surface area (Å²) in [6.07, 6.45) is 3.39. The van der Waals surface area contributed by atoms with Crippen molar-refractivity contribution in [2.24, 2.45) is 0 Å². The molecule has 0 radical (unpaired) electrons. The van der Waals surface area contributed by atoms with Gasteiger partial charge in [-0.3, -0.25) is 9.78 Å². The first-order chi connectivity index (χ1) is 8.69. The van der Waals surface area contributed by atoms with Crippen LogP contribution >= 0.6 is 0 Å². The summed E-state index contributed by atoms with van der Waals surface area (Å²) in [5.41, 5.74) is 0.962. The van der Waals surface area contributed by atoms with Crippen LogP contribution in [0.4, 0.5) is 0 Å². The molecular weight excluding hydrogens is 230 g/mol. The number of aryl methyl sites for hydroxylation is 1. The zero-order chi connectivity index (χ0) is 13.4. The highest BCUT2D eigenvalue weighted by Crippen LogP contribution is 2.03. The Bertz CT molecular complexity index is 465. The van der Waals surface area contributed by atoms with Crippen LogP contribution in [0, 0.1) is 29.6 Å². The molecular formula is C12H13N5O. The predicted octanol–water partition coefficient (Wildman–Crippen LogP) is 1.05. The zero-order valence-corrected chi connectivity index (χ0v) is 10.1. The lowest BCUT2D eigenvalue weighted by Gasteiger charge is -2.19. The number of hydrogen-bond donors (Lipinski definition) is 0. The topological polar surface area (TPSA) is 93.7 Å². The lowest BCUT2D eigenvalue weighted by Crippen LogP contribution is -2.33. The standard InChI is InChI=1S/C12H13N5O/c1-10-8-16-11(9-15-10)12(18)17(6-2-4-13)7-3-5-14/h8-9H,2-3,6-7H2,1H3. The van der Waals surface area contributed by atoms with Crippen LogP contribution in [0.1, 0.15) is 29.0 Å². The number of carbonyl (C=O) groups is 1. The van der Waals surface area contributed by atoms with E-state index >= 15 is 0 Å². The van der Waals surface area contributed by atoms with Gasteiger partial charge in [0, 0.05) is 19.3 Å². The summed E-state index contributed by atoms with van der Waals surface area (Å²) in [6.45, 7) is 2.38. The van der Waals surface area contributed by atoms with Gasteiger partial charge in [0.2, 0.25) is 0 Å². The lowest BCUT2D eigenvalue weighted by molar-refractivity contribution is 0.0756. The second-order valence-electron chi connectivity index (χ2n) is 3.65. The average Bonchev–Trinajstić information content (AvgIpc) is 2.39. The summed E-state index contributed by atoms with van der Waals surface area (Å²) in [6, 6.07) is 3.95. The van der Waals surface area contributed by atoms with E-state index in [1.54, 1.807) is 6.92 Å². The quantitative estimate of drug-likeness (QED) is 0.770. The fraction of sp³-hybridized carbons (Fsp3) is 0.417. The fourth-order valence-corrected chi connectivity index (χ4v) is 1.35. The number of nitriles is 2. The van der Waals surface area contributed by atoms with Gasteiger partial charge in [0.1, 0.15) is 5.69 Å². The van der Waals surface area contributed by atoms with Gasteiger partial charge in [0.05, 0.1) is 36.9 Å². The Kier molecular flexibility index (Phi) is 5.27. The van der Waals surface area contributed by atoms with Gasteiger partial charge in [0.25, 0.3) is 5.91 Å². The molecule has 1 aromatic rings. The van der Waals surface area contributed by atoms with E-state index in [4.69, 9.17) is 10.5 Å². The minimum absolute atomic E-state index is 0.233. The molecule has 6 nitrogen and oxygen atoms in total. The summed E-state index contributed by atoms with van der Waals surface area (Å²) in [7, 11) is 0. The SMILES string of the molecule is Cc1cnc(C(=O)N(CCC#N)CCC#N)cn1. The third-order valence-corrected chi connectivity index (χ3v) is 2.27. The molecule has 0 saturated carbocycles. The summed E-state index contributed by atoms with van der Waals surface area (Å²) in [5, 5.41) is 17.1. The van der Waals surface area contributed by atoms with E-state index in [2.05, 4.69) is 9.97 Å². The third-order valence-electron chi connectivity index (χ3n) is 2.27. The summed E-state index contributed by atoms with van der Waals surface area (Å²) in [5.74, 6) is -0.298. The maximum absolute atomic E-state index is 12.1. The van der Waals surface area contributed by atoms with E-state index < -0.39 is 0 Å². The summed E-state index contributed by atoms with van der Waals surface area (Å²) in [4.78, 5) is 21.5. The largest absolute Gasteiger partial charge is 0.335 e. The molecule has 0 fully saturated rings. The van der Waals surface area contributed by atoms with Crippen molar-refractivity contribution in [3.05, 3.63) is 23.8 Å². The molecule has 18 heavy (non-hydrogen) atoms. The van der Waals surface area contributed by atoms with Gasteiger partial charge in [-0.1, -0.05) is 0 Å². The summed E-state index contributed by atoms with van der Waals surface area (Å²) >= 11 is 0. The molecule has 1 rings (SSSR count). The van der Waals surface area contributed by atoms with Gasteiger partial charge in [-0.25, -0.2) is 4.98 Å². The molecule has 6 heteroatoms. The van der Waals surface area contributed by atoms with Crippen LogP contribution < -0.4 is 0 Å². The maximum Gasteiger partial charge on any atom is 0.274 e. The molecule has 0 bridgehead atoms. The molecule has 1 heterocycles. The molecule has 0 saturated heterocycles. The molecule has 0 spiro atoms. The van der Waals surface area contributed by atoms with Crippen LogP contribution in [0.3, 0.4) is 0 Å². The Balaban J connectivity index is 2.78. The molecule has 92 valence electrons. The highest BCUT2D eigenvalue weighted by atomic mass is 16.2. The minimum Gasteiger partial charge on any atom is -0.335 e. The van der Waals surface area contributed by atoms with Crippen LogP contribution in [0.2, 0.25) is 0 Å². The van der Waals surface area contributed by atoms with Crippen molar-refractivity contribution in [2.75, 3.05) is 13.1 Å². The third kappa shape index (κ3) is 3.84. The Hall–Kier alpha value is -2.47. The smallest absolute Gasteiger partial charge is 0.274 e. The molecule has 0 aliphatic heterocycles. The van der Waals surface area contributed by atoms with Gasteiger partial charge in [-0.2, -0.15) is 10.5 Å². The fourth-order valence-electron chi connectivity index (χ4n) is 1.35. The first-order valence-corrected chi connectivity index (χ1v) is 5.51. The molecule has 0 aromatic carbocycles. The average molecular weight is 243 g/mol. The van der Waals surface area contributed by atoms with Gasteiger partial charge < -0.3 is 4.90 Å². The second kappa shape index (κ2) is 6.97. The van der Waals surface area contributed by atoms with Gasteiger partial charge in [-0.05, 0) is 6.92 Å². The number of aromatic nitrogens is 2. The molecule has 0 aliphatic carbocycles. The molecule has 1 aromatic heterocycles. The van der Waals surface area contributed by atoms with E-state index in [-0.39, 0.29) is 24.4 Å². The first kappa shape index (κ1) is 13.6. The van der Waals surface area contributed by atoms with E-state index in [0.717, 1.165) is 5.69 Å². The first-order valence-electron chi connectivity index (χ1n) is 5.51. The Morgan fingerprint density at radius 2 is 1.83 bits per heavy atom. The molecule has 0 N–H and O–H groups in total. The molecule has 0 unspecified atom stereocenters. The van der Waals surface area contributed by atoms with E-state index in [1.807, 2.05) is 12.1 Å². The van der Waals surface area contributed by atoms with Gasteiger partial charge in [0.15, 0.2) is 0 Å². The Morgan fingerprint density at radius 1 is 1.22 bits per heavy atom. The maximum atomic E-state index is 12.1. The van der Waals surface area contributed by atoms with Crippen molar-refractivity contribution in [1.29, 1.82) is 10.5 Å². The van der Waals surface area contributed by atoms with Crippen LogP contribution in [-0.4, -0.2) is 33.9 Å². The van der Waals surface area contributed by atoms with E-state index in [1.165, 1.54) is 17.3 Å². The van der Waals surface area contributed by atoms with E-state index in [0.29, 0.717) is 13.1 Å². The number of nitrogens with zero attached hydrogens (tertiary/aromatic N) is 5. The lowest BCUT2D eigenvalue weighted by atomic mass is 10.3. The summed E-state index contributed by atoms with van der Waals surface area (Å²) < 4.78 is 0. The van der Waals surface area contributed by atoms with Crippen molar-refractivity contribution in [3.63, 3.8) is 0 Å². The number of rotatable bonds is 5. The normalized spacial score (nSPS) is 9.28. The van der Waals surface area contributed by atoms with Crippen LogP contribution in [0.5, 0.6) is 0 Å². The molecule has 0 aliphatic rings. The molecule has 1 amide bonds. The predicted molar refractivity (Wildman–Crippen MR) is 63.1 cm³/mol. The van der Waals surface area contributed by atoms with Crippen LogP contribution in [0.15, 0.2) is 12.4 Å². The Morgan fingerprint density at radius 3 is 2.28 bits per heavy atom. The minimum atomic E-state index is -0.298.